The van der Waals surface area contributed by atoms with Crippen LogP contribution in [-0.2, 0) is 10.2 Å². The lowest BCUT2D eigenvalue weighted by Crippen LogP contribution is -2.58. The van der Waals surface area contributed by atoms with Crippen molar-refractivity contribution in [2.75, 3.05) is 30.4 Å². The van der Waals surface area contributed by atoms with Crippen molar-refractivity contribution in [3.8, 4) is 0 Å². The third kappa shape index (κ3) is 2.67. The average molecular weight is 426 g/mol. The summed E-state index contributed by atoms with van der Waals surface area (Å²) in [4.78, 5) is 16.6. The standard InChI is InChI=1S/C22H24BrN3O/c1-21(2)18-13-16(23)7-10-19(18)26-14-20(27)24-22(21,26)12-11-15-5-8-17(9-6-15)25(3)4/h5-13H,14H2,1-4H3,(H,24,27)/t22-/m0/s1. The Morgan fingerprint density at radius 2 is 1.85 bits per heavy atom. The molecular weight excluding hydrogens is 402 g/mol. The van der Waals surface area contributed by atoms with Gasteiger partial charge in [-0.3, -0.25) is 4.79 Å². The van der Waals surface area contributed by atoms with Gasteiger partial charge in [0, 0.05) is 35.4 Å². The van der Waals surface area contributed by atoms with Crippen LogP contribution in [0.3, 0.4) is 0 Å². The molecule has 5 heteroatoms. The van der Waals surface area contributed by atoms with Gasteiger partial charge in [0.15, 0.2) is 0 Å². The maximum atomic E-state index is 12.4. The summed E-state index contributed by atoms with van der Waals surface area (Å²) in [6.45, 7) is 4.77. The molecule has 0 unspecified atom stereocenters. The zero-order valence-electron chi connectivity index (χ0n) is 16.1. The van der Waals surface area contributed by atoms with Crippen LogP contribution in [0.5, 0.6) is 0 Å². The van der Waals surface area contributed by atoms with Crippen molar-refractivity contribution < 1.29 is 4.79 Å². The van der Waals surface area contributed by atoms with Crippen molar-refractivity contribution in [1.82, 2.24) is 5.32 Å². The Labute approximate surface area is 169 Å². The number of hydrogen-bond acceptors (Lipinski definition) is 3. The molecule has 140 valence electrons. The van der Waals surface area contributed by atoms with E-state index in [1.165, 1.54) is 11.3 Å². The molecule has 1 saturated heterocycles. The molecule has 2 aliphatic rings. The highest BCUT2D eigenvalue weighted by atomic mass is 79.9. The normalized spacial score (nSPS) is 22.7. The molecule has 0 bridgehead atoms. The second-order valence-corrected chi connectivity index (χ2v) is 8.92. The van der Waals surface area contributed by atoms with Crippen molar-refractivity contribution in [2.45, 2.75) is 24.9 Å². The minimum Gasteiger partial charge on any atom is -0.378 e. The van der Waals surface area contributed by atoms with Crippen LogP contribution >= 0.6 is 15.9 Å². The molecule has 0 radical (unpaired) electrons. The van der Waals surface area contributed by atoms with E-state index in [0.29, 0.717) is 6.54 Å². The van der Waals surface area contributed by atoms with Crippen LogP contribution in [-0.4, -0.2) is 32.2 Å². The molecule has 2 aliphatic heterocycles. The molecule has 4 rings (SSSR count). The fraction of sp³-hybridized carbons (Fsp3) is 0.318. The highest BCUT2D eigenvalue weighted by Crippen LogP contribution is 2.53. The quantitative estimate of drug-likeness (QED) is 0.801. The van der Waals surface area contributed by atoms with Crippen molar-refractivity contribution >= 4 is 39.3 Å². The third-order valence-corrected chi connectivity index (χ3v) is 6.35. The van der Waals surface area contributed by atoms with Gasteiger partial charge in [-0.1, -0.05) is 48.0 Å². The first-order chi connectivity index (χ1) is 12.7. The number of fused-ring (bicyclic) bond motifs is 3. The van der Waals surface area contributed by atoms with Gasteiger partial charge in [0.2, 0.25) is 5.91 Å². The van der Waals surface area contributed by atoms with E-state index in [1.807, 2.05) is 20.2 Å². The van der Waals surface area contributed by atoms with Gasteiger partial charge in [-0.25, -0.2) is 0 Å². The molecule has 1 atom stereocenters. The Morgan fingerprint density at radius 1 is 1.15 bits per heavy atom. The lowest BCUT2D eigenvalue weighted by atomic mass is 9.75. The maximum Gasteiger partial charge on any atom is 0.241 e. The lowest BCUT2D eigenvalue weighted by Gasteiger charge is -2.40. The second-order valence-electron chi connectivity index (χ2n) is 8.01. The highest BCUT2D eigenvalue weighted by molar-refractivity contribution is 9.10. The topological polar surface area (TPSA) is 35.6 Å². The summed E-state index contributed by atoms with van der Waals surface area (Å²) in [5.41, 5.74) is 3.81. The van der Waals surface area contributed by atoms with E-state index in [-0.39, 0.29) is 11.3 Å². The minimum absolute atomic E-state index is 0.0595. The maximum absolute atomic E-state index is 12.4. The minimum atomic E-state index is -0.562. The molecule has 2 heterocycles. The predicted molar refractivity (Wildman–Crippen MR) is 115 cm³/mol. The first-order valence-electron chi connectivity index (χ1n) is 9.10. The summed E-state index contributed by atoms with van der Waals surface area (Å²) < 4.78 is 1.06. The summed E-state index contributed by atoms with van der Waals surface area (Å²) in [6, 6.07) is 14.7. The summed E-state index contributed by atoms with van der Waals surface area (Å²) in [5.74, 6) is 0.0595. The third-order valence-electron chi connectivity index (χ3n) is 5.86. The van der Waals surface area contributed by atoms with Gasteiger partial charge in [-0.05, 0) is 47.5 Å². The van der Waals surface area contributed by atoms with Crippen LogP contribution in [0.2, 0.25) is 0 Å². The molecule has 2 aromatic rings. The Morgan fingerprint density at radius 3 is 2.52 bits per heavy atom. The summed E-state index contributed by atoms with van der Waals surface area (Å²) in [5, 5.41) is 3.26. The fourth-order valence-electron chi connectivity index (χ4n) is 4.25. The lowest BCUT2D eigenvalue weighted by molar-refractivity contribution is -0.118. The van der Waals surface area contributed by atoms with E-state index in [9.17, 15) is 4.79 Å². The summed E-state index contributed by atoms with van der Waals surface area (Å²) >= 11 is 3.59. The Hall–Kier alpha value is -2.27. The van der Waals surface area contributed by atoms with Gasteiger partial charge in [0.1, 0.15) is 5.66 Å². The van der Waals surface area contributed by atoms with Gasteiger partial charge >= 0.3 is 0 Å². The Kier molecular flexibility index (Phi) is 4.11. The van der Waals surface area contributed by atoms with E-state index in [4.69, 9.17) is 0 Å². The van der Waals surface area contributed by atoms with E-state index in [0.717, 1.165) is 15.7 Å². The van der Waals surface area contributed by atoms with Crippen molar-refractivity contribution in [1.29, 1.82) is 0 Å². The number of nitrogens with one attached hydrogen (secondary N) is 1. The highest BCUT2D eigenvalue weighted by Gasteiger charge is 2.59. The molecule has 2 aromatic carbocycles. The van der Waals surface area contributed by atoms with Crippen molar-refractivity contribution in [3.63, 3.8) is 0 Å². The zero-order valence-corrected chi connectivity index (χ0v) is 17.7. The largest absolute Gasteiger partial charge is 0.378 e. The molecule has 0 aliphatic carbocycles. The number of halogens is 1. The molecule has 27 heavy (non-hydrogen) atoms. The van der Waals surface area contributed by atoms with E-state index < -0.39 is 5.66 Å². The summed E-state index contributed by atoms with van der Waals surface area (Å²) in [6.07, 6.45) is 4.26. The smallest absolute Gasteiger partial charge is 0.241 e. The molecule has 1 amide bonds. The fourth-order valence-corrected chi connectivity index (χ4v) is 4.61. The molecular formula is C22H24BrN3O. The average Bonchev–Trinajstić information content (AvgIpc) is 3.05. The first-order valence-corrected chi connectivity index (χ1v) is 9.89. The second kappa shape index (κ2) is 6.13. The first kappa shape index (κ1) is 18.1. The van der Waals surface area contributed by atoms with Crippen LogP contribution in [0.15, 0.2) is 53.0 Å². The number of nitrogens with zero attached hydrogens (tertiary/aromatic N) is 2. The number of carbonyl (C=O) groups is 1. The van der Waals surface area contributed by atoms with E-state index >= 15 is 0 Å². The molecule has 0 spiro atoms. The Bertz CT molecular complexity index is 933. The number of amides is 1. The molecule has 0 saturated carbocycles. The van der Waals surface area contributed by atoms with Crippen LogP contribution < -0.4 is 15.1 Å². The van der Waals surface area contributed by atoms with Crippen LogP contribution in [0.25, 0.3) is 6.08 Å². The van der Waals surface area contributed by atoms with Crippen molar-refractivity contribution in [2.24, 2.45) is 0 Å². The SMILES string of the molecule is CN(C)c1ccc(C=C[C@]23NC(=O)CN2c2ccc(Br)cc2C3(C)C)cc1. The summed E-state index contributed by atoms with van der Waals surface area (Å²) in [7, 11) is 4.07. The number of anilines is 2. The van der Waals surface area contributed by atoms with Gasteiger partial charge < -0.3 is 15.1 Å². The van der Waals surface area contributed by atoms with Gasteiger partial charge in [-0.15, -0.1) is 0 Å². The van der Waals surface area contributed by atoms with Crippen LogP contribution in [0, 0.1) is 0 Å². The number of benzene rings is 2. The van der Waals surface area contributed by atoms with Gasteiger partial charge in [-0.2, -0.15) is 0 Å². The van der Waals surface area contributed by atoms with E-state index in [2.05, 4.69) is 93.4 Å². The zero-order chi connectivity index (χ0) is 19.4. The predicted octanol–water partition coefficient (Wildman–Crippen LogP) is 4.15. The number of rotatable bonds is 3. The monoisotopic (exact) mass is 425 g/mol. The van der Waals surface area contributed by atoms with Gasteiger partial charge in [0.25, 0.3) is 0 Å². The molecule has 1 fully saturated rings. The Balaban J connectivity index is 1.76. The molecule has 0 aromatic heterocycles. The van der Waals surface area contributed by atoms with Crippen molar-refractivity contribution in [3.05, 3.63) is 64.1 Å². The van der Waals surface area contributed by atoms with E-state index in [1.54, 1.807) is 0 Å². The molecule has 1 N–H and O–H groups in total. The molecule has 4 nitrogen and oxygen atoms in total. The number of hydrogen-bond donors (Lipinski definition) is 1. The van der Waals surface area contributed by atoms with Gasteiger partial charge in [0.05, 0.1) is 6.54 Å². The van der Waals surface area contributed by atoms with Crippen LogP contribution in [0.4, 0.5) is 11.4 Å². The van der Waals surface area contributed by atoms with Crippen LogP contribution in [0.1, 0.15) is 25.0 Å². The number of carbonyl (C=O) groups excluding carboxylic acids is 1.